The van der Waals surface area contributed by atoms with Crippen molar-refractivity contribution in [3.05, 3.63) is 58.1 Å². The van der Waals surface area contributed by atoms with Crippen LogP contribution in [0.1, 0.15) is 21.5 Å². The lowest BCUT2D eigenvalue weighted by Gasteiger charge is -2.17. The number of aryl methyl sites for hydroxylation is 2. The zero-order valence-corrected chi connectivity index (χ0v) is 15.5. The molecule has 0 saturated carbocycles. The number of carbonyl (C=O) groups is 1. The van der Waals surface area contributed by atoms with Gasteiger partial charge in [-0.25, -0.2) is 8.42 Å². The Morgan fingerprint density at radius 2 is 1.75 bits per heavy atom. The van der Waals surface area contributed by atoms with Gasteiger partial charge in [-0.2, -0.15) is 0 Å². The molecule has 0 spiro atoms. The van der Waals surface area contributed by atoms with Gasteiger partial charge in [-0.15, -0.1) is 0 Å². The molecular formula is C17H19ClN2O3S. The molecule has 0 heterocycles. The highest BCUT2D eigenvalue weighted by molar-refractivity contribution is 7.92. The van der Waals surface area contributed by atoms with Crippen LogP contribution in [0, 0.1) is 13.8 Å². The van der Waals surface area contributed by atoms with Crippen LogP contribution in [0.5, 0.6) is 0 Å². The van der Waals surface area contributed by atoms with Crippen molar-refractivity contribution in [2.75, 3.05) is 18.8 Å². The summed E-state index contributed by atoms with van der Waals surface area (Å²) >= 11 is 5.97. The summed E-state index contributed by atoms with van der Waals surface area (Å²) < 4.78 is 28.0. The summed E-state index contributed by atoms with van der Waals surface area (Å²) in [6.07, 6.45) is 0. The minimum atomic E-state index is -3.84. The zero-order valence-electron chi connectivity index (χ0n) is 13.9. The molecule has 0 bridgehead atoms. The van der Waals surface area contributed by atoms with Gasteiger partial charge in [0.2, 0.25) is 0 Å². The Balaban J connectivity index is 2.52. The monoisotopic (exact) mass is 366 g/mol. The Morgan fingerprint density at radius 3 is 2.38 bits per heavy atom. The van der Waals surface area contributed by atoms with Gasteiger partial charge in [0.05, 0.1) is 16.1 Å². The average Bonchev–Trinajstić information content (AvgIpc) is 2.48. The Bertz CT molecular complexity index is 893. The molecule has 1 amide bonds. The molecule has 0 aliphatic rings. The average molecular weight is 367 g/mol. The first kappa shape index (κ1) is 18.3. The molecule has 2 rings (SSSR count). The van der Waals surface area contributed by atoms with Crippen LogP contribution in [-0.2, 0) is 10.0 Å². The zero-order chi connectivity index (χ0) is 18.1. The summed E-state index contributed by atoms with van der Waals surface area (Å²) in [5, 5.41) is 0.337. The molecule has 24 heavy (non-hydrogen) atoms. The molecule has 2 aromatic rings. The number of hydrogen-bond donors (Lipinski definition) is 1. The van der Waals surface area contributed by atoms with E-state index < -0.39 is 10.0 Å². The van der Waals surface area contributed by atoms with Gasteiger partial charge in [-0.3, -0.25) is 9.52 Å². The lowest BCUT2D eigenvalue weighted by atomic mass is 10.1. The quantitative estimate of drug-likeness (QED) is 0.901. The van der Waals surface area contributed by atoms with Gasteiger partial charge in [0.1, 0.15) is 0 Å². The molecule has 0 aliphatic carbocycles. The van der Waals surface area contributed by atoms with Crippen molar-refractivity contribution in [2.45, 2.75) is 18.7 Å². The molecule has 1 N–H and O–H groups in total. The second kappa shape index (κ2) is 6.83. The number of nitrogens with one attached hydrogen (secondary N) is 1. The molecule has 2 aromatic carbocycles. The molecule has 0 aromatic heterocycles. The molecule has 0 unspecified atom stereocenters. The van der Waals surface area contributed by atoms with E-state index in [1.165, 1.54) is 17.0 Å². The molecule has 7 heteroatoms. The first-order valence-electron chi connectivity index (χ1n) is 7.23. The Hall–Kier alpha value is -2.05. The number of nitrogens with zero attached hydrogens (tertiary/aromatic N) is 1. The second-order valence-electron chi connectivity index (χ2n) is 5.76. The van der Waals surface area contributed by atoms with Crippen molar-refractivity contribution in [3.8, 4) is 0 Å². The molecule has 0 fully saturated rings. The fraction of sp³-hybridized carbons (Fsp3) is 0.235. The smallest absolute Gasteiger partial charge is 0.262 e. The summed E-state index contributed by atoms with van der Waals surface area (Å²) in [5.41, 5.74) is 1.84. The van der Waals surface area contributed by atoms with Gasteiger partial charge >= 0.3 is 0 Å². The van der Waals surface area contributed by atoms with E-state index in [1.54, 1.807) is 39.2 Å². The third-order valence-electron chi connectivity index (χ3n) is 3.50. The summed E-state index contributed by atoms with van der Waals surface area (Å²) in [6.45, 7) is 3.54. The fourth-order valence-corrected chi connectivity index (χ4v) is 3.80. The van der Waals surface area contributed by atoms with E-state index in [9.17, 15) is 13.2 Å². The van der Waals surface area contributed by atoms with E-state index >= 15 is 0 Å². The molecular weight excluding hydrogens is 348 g/mol. The highest BCUT2D eigenvalue weighted by Gasteiger charge is 2.21. The number of anilines is 1. The first-order valence-corrected chi connectivity index (χ1v) is 9.09. The predicted molar refractivity (Wildman–Crippen MR) is 96.2 cm³/mol. The minimum absolute atomic E-state index is 0.155. The SMILES string of the molecule is Cc1ccc(C)c(S(=O)(=O)Nc2cc(Cl)ccc2C(=O)N(C)C)c1. The number of carbonyl (C=O) groups excluding carboxylic acids is 1. The number of sulfonamides is 1. The van der Waals surface area contributed by atoms with Gasteiger partial charge in [-0.05, 0) is 49.2 Å². The van der Waals surface area contributed by atoms with Gasteiger partial charge in [0.25, 0.3) is 15.9 Å². The number of hydrogen-bond acceptors (Lipinski definition) is 3. The number of halogens is 1. The lowest BCUT2D eigenvalue weighted by molar-refractivity contribution is 0.0828. The summed E-state index contributed by atoms with van der Waals surface area (Å²) in [4.78, 5) is 13.8. The number of rotatable bonds is 4. The van der Waals surface area contributed by atoms with Gasteiger partial charge in [0, 0.05) is 19.1 Å². The van der Waals surface area contributed by atoms with E-state index in [-0.39, 0.29) is 22.1 Å². The predicted octanol–water partition coefficient (Wildman–Crippen LogP) is 3.46. The van der Waals surface area contributed by atoms with Crippen molar-refractivity contribution in [2.24, 2.45) is 0 Å². The molecule has 0 radical (unpaired) electrons. The van der Waals surface area contributed by atoms with E-state index in [4.69, 9.17) is 11.6 Å². The molecule has 0 saturated heterocycles. The first-order chi connectivity index (χ1) is 11.1. The molecule has 0 atom stereocenters. The van der Waals surface area contributed by atoms with Crippen molar-refractivity contribution in [1.82, 2.24) is 4.90 Å². The van der Waals surface area contributed by atoms with Gasteiger partial charge in [-0.1, -0.05) is 23.7 Å². The summed E-state index contributed by atoms with van der Waals surface area (Å²) in [7, 11) is -0.650. The standard InChI is InChI=1S/C17H19ClN2O3S/c1-11-5-6-12(2)16(9-11)24(22,23)19-15-10-13(18)7-8-14(15)17(21)20(3)4/h5-10,19H,1-4H3. The number of amides is 1. The van der Waals surface area contributed by atoms with Crippen molar-refractivity contribution < 1.29 is 13.2 Å². The van der Waals surface area contributed by atoms with Crippen LogP contribution in [0.15, 0.2) is 41.3 Å². The van der Waals surface area contributed by atoms with Crippen LogP contribution in [0.25, 0.3) is 0 Å². The number of benzene rings is 2. The van der Waals surface area contributed by atoms with Crippen molar-refractivity contribution in [1.29, 1.82) is 0 Å². The Kier molecular flexibility index (Phi) is 5.20. The topological polar surface area (TPSA) is 66.5 Å². The maximum atomic E-state index is 12.8. The van der Waals surface area contributed by atoms with E-state index in [1.807, 2.05) is 13.0 Å². The molecule has 128 valence electrons. The van der Waals surface area contributed by atoms with Gasteiger partial charge < -0.3 is 4.90 Å². The van der Waals surface area contributed by atoms with Crippen molar-refractivity contribution >= 4 is 33.2 Å². The normalized spacial score (nSPS) is 11.2. The van der Waals surface area contributed by atoms with Crippen molar-refractivity contribution in [3.63, 3.8) is 0 Å². The van der Waals surface area contributed by atoms with Crippen LogP contribution in [0.4, 0.5) is 5.69 Å². The largest absolute Gasteiger partial charge is 0.345 e. The Labute approximate surface area is 147 Å². The summed E-state index contributed by atoms with van der Waals surface area (Å²) in [6, 6.07) is 9.67. The highest BCUT2D eigenvalue weighted by atomic mass is 35.5. The molecule has 5 nitrogen and oxygen atoms in total. The summed E-state index contributed by atoms with van der Waals surface area (Å²) in [5.74, 6) is -0.315. The third kappa shape index (κ3) is 3.88. The van der Waals surface area contributed by atoms with Gasteiger partial charge in [0.15, 0.2) is 0 Å². The molecule has 0 aliphatic heterocycles. The van der Waals surface area contributed by atoms with Crippen LogP contribution < -0.4 is 4.72 Å². The maximum Gasteiger partial charge on any atom is 0.262 e. The van der Waals surface area contributed by atoms with Crippen LogP contribution in [-0.4, -0.2) is 33.3 Å². The van der Waals surface area contributed by atoms with Crippen LogP contribution >= 0.6 is 11.6 Å². The van der Waals surface area contributed by atoms with E-state index in [0.717, 1.165) is 5.56 Å². The van der Waals surface area contributed by atoms with Crippen LogP contribution in [0.3, 0.4) is 0 Å². The minimum Gasteiger partial charge on any atom is -0.345 e. The van der Waals surface area contributed by atoms with E-state index in [2.05, 4.69) is 4.72 Å². The lowest BCUT2D eigenvalue weighted by Crippen LogP contribution is -2.24. The van der Waals surface area contributed by atoms with Crippen LogP contribution in [0.2, 0.25) is 5.02 Å². The highest BCUT2D eigenvalue weighted by Crippen LogP contribution is 2.26. The second-order valence-corrected chi connectivity index (χ2v) is 7.85. The maximum absolute atomic E-state index is 12.8. The fourth-order valence-electron chi connectivity index (χ4n) is 2.22. The Morgan fingerprint density at radius 1 is 1.08 bits per heavy atom. The third-order valence-corrected chi connectivity index (χ3v) is 5.24. The van der Waals surface area contributed by atoms with E-state index in [0.29, 0.717) is 10.6 Å².